The molecule has 0 aromatic carbocycles. The first-order valence-corrected chi connectivity index (χ1v) is 4.10. The molecule has 1 heterocycles. The first kappa shape index (κ1) is 6.29. The molecule has 0 fully saturated rings. The fourth-order valence-corrected chi connectivity index (χ4v) is 1.81. The molecule has 0 aliphatic heterocycles. The van der Waals surface area contributed by atoms with Crippen molar-refractivity contribution in [2.45, 2.75) is 25.7 Å². The third-order valence-corrected chi connectivity index (χ3v) is 2.29. The third-order valence-electron chi connectivity index (χ3n) is 2.08. The highest BCUT2D eigenvalue weighted by Gasteiger charge is 2.10. The van der Waals surface area contributed by atoms with Gasteiger partial charge >= 0.3 is 0 Å². The number of hydrogen-bond donors (Lipinski definition) is 1. The lowest BCUT2D eigenvalue weighted by Crippen LogP contribution is -1.99. The highest BCUT2D eigenvalue weighted by Crippen LogP contribution is 2.23. The average Bonchev–Trinajstić information content (AvgIpc) is 2.27. The highest BCUT2D eigenvalue weighted by atomic mass is 35.5. The molecule has 2 heteroatoms. The van der Waals surface area contributed by atoms with E-state index in [1.54, 1.807) is 0 Å². The van der Waals surface area contributed by atoms with Gasteiger partial charge in [0.05, 0.1) is 0 Å². The minimum atomic E-state index is 0.798. The van der Waals surface area contributed by atoms with Gasteiger partial charge in [-0.3, -0.25) is 0 Å². The van der Waals surface area contributed by atoms with Crippen molar-refractivity contribution in [2.75, 3.05) is 0 Å². The minimum Gasteiger partial charge on any atom is -0.349 e. The molecular weight excluding hydrogens is 146 g/mol. The standard InChI is InChI=1S/C8H10ClN/c9-8-5-6-3-1-2-4-7(6)10-8/h5,10H,1-4H2. The Morgan fingerprint density at radius 1 is 1.30 bits per heavy atom. The van der Waals surface area contributed by atoms with Gasteiger partial charge in [-0.2, -0.15) is 0 Å². The van der Waals surface area contributed by atoms with E-state index in [1.807, 2.05) is 0 Å². The Hall–Kier alpha value is -0.430. The van der Waals surface area contributed by atoms with Crippen LogP contribution in [0.25, 0.3) is 0 Å². The molecule has 0 radical (unpaired) electrons. The Morgan fingerprint density at radius 2 is 2.10 bits per heavy atom. The van der Waals surface area contributed by atoms with Crippen LogP contribution in [0.15, 0.2) is 6.07 Å². The first-order chi connectivity index (χ1) is 4.86. The van der Waals surface area contributed by atoms with E-state index in [0.717, 1.165) is 5.15 Å². The SMILES string of the molecule is Clc1cc2c([nH]1)CCCC2. The van der Waals surface area contributed by atoms with Gasteiger partial charge in [-0.15, -0.1) is 0 Å². The smallest absolute Gasteiger partial charge is 0.106 e. The fourth-order valence-electron chi connectivity index (χ4n) is 1.56. The number of aryl methyl sites for hydroxylation is 2. The van der Waals surface area contributed by atoms with E-state index in [1.165, 1.54) is 36.9 Å². The molecule has 0 saturated carbocycles. The largest absolute Gasteiger partial charge is 0.349 e. The van der Waals surface area contributed by atoms with Crippen LogP contribution >= 0.6 is 11.6 Å². The van der Waals surface area contributed by atoms with Gasteiger partial charge < -0.3 is 4.98 Å². The second-order valence-corrected chi connectivity index (χ2v) is 3.24. The summed E-state index contributed by atoms with van der Waals surface area (Å²) in [5.41, 5.74) is 2.78. The van der Waals surface area contributed by atoms with Crippen molar-refractivity contribution >= 4 is 11.6 Å². The van der Waals surface area contributed by atoms with E-state index in [0.29, 0.717) is 0 Å². The Bertz CT molecular complexity index is 216. The van der Waals surface area contributed by atoms with Crippen LogP contribution < -0.4 is 0 Å². The van der Waals surface area contributed by atoms with E-state index in [4.69, 9.17) is 11.6 Å². The number of H-pyrrole nitrogens is 1. The second-order valence-electron chi connectivity index (χ2n) is 2.83. The minimum absolute atomic E-state index is 0.798. The number of aromatic amines is 1. The summed E-state index contributed by atoms with van der Waals surface area (Å²) in [6.07, 6.45) is 5.02. The van der Waals surface area contributed by atoms with Crippen molar-refractivity contribution in [3.63, 3.8) is 0 Å². The lowest BCUT2D eigenvalue weighted by Gasteiger charge is -2.08. The molecule has 0 spiro atoms. The topological polar surface area (TPSA) is 15.8 Å². The summed E-state index contributed by atoms with van der Waals surface area (Å²) in [6.45, 7) is 0. The zero-order valence-corrected chi connectivity index (χ0v) is 6.54. The first-order valence-electron chi connectivity index (χ1n) is 3.72. The molecule has 1 aliphatic rings. The fraction of sp³-hybridized carbons (Fsp3) is 0.500. The van der Waals surface area contributed by atoms with Crippen LogP contribution in [0.2, 0.25) is 5.15 Å². The maximum atomic E-state index is 5.80. The Kier molecular flexibility index (Phi) is 1.46. The monoisotopic (exact) mass is 155 g/mol. The van der Waals surface area contributed by atoms with Crippen LogP contribution in [0.3, 0.4) is 0 Å². The van der Waals surface area contributed by atoms with Crippen molar-refractivity contribution < 1.29 is 0 Å². The number of rotatable bonds is 0. The summed E-state index contributed by atoms with van der Waals surface area (Å²) in [4.78, 5) is 3.16. The van der Waals surface area contributed by atoms with E-state index in [-0.39, 0.29) is 0 Å². The number of nitrogens with one attached hydrogen (secondary N) is 1. The molecule has 2 rings (SSSR count). The molecular formula is C8H10ClN. The molecule has 0 amide bonds. The second kappa shape index (κ2) is 2.31. The Balaban J connectivity index is 2.41. The summed E-state index contributed by atoms with van der Waals surface area (Å²) in [6, 6.07) is 2.05. The van der Waals surface area contributed by atoms with Crippen molar-refractivity contribution in [3.05, 3.63) is 22.5 Å². The molecule has 0 unspecified atom stereocenters. The van der Waals surface area contributed by atoms with E-state index in [2.05, 4.69) is 11.1 Å². The van der Waals surface area contributed by atoms with Crippen LogP contribution in [-0.2, 0) is 12.8 Å². The van der Waals surface area contributed by atoms with Gasteiger partial charge in [0, 0.05) is 5.69 Å². The number of aromatic nitrogens is 1. The normalized spacial score (nSPS) is 16.9. The quantitative estimate of drug-likeness (QED) is 0.593. The molecule has 1 N–H and O–H groups in total. The highest BCUT2D eigenvalue weighted by molar-refractivity contribution is 6.29. The molecule has 0 saturated heterocycles. The molecule has 1 nitrogen and oxygen atoms in total. The zero-order chi connectivity index (χ0) is 6.97. The van der Waals surface area contributed by atoms with Crippen LogP contribution in [0, 0.1) is 0 Å². The number of fused-ring (bicyclic) bond motifs is 1. The molecule has 54 valence electrons. The van der Waals surface area contributed by atoms with Gasteiger partial charge in [-0.25, -0.2) is 0 Å². The number of halogens is 1. The maximum absolute atomic E-state index is 5.80. The van der Waals surface area contributed by atoms with Crippen molar-refractivity contribution in [1.29, 1.82) is 0 Å². The maximum Gasteiger partial charge on any atom is 0.106 e. The van der Waals surface area contributed by atoms with Gasteiger partial charge in [0.25, 0.3) is 0 Å². The molecule has 0 bridgehead atoms. The Labute approximate surface area is 65.4 Å². The molecule has 1 aromatic heterocycles. The summed E-state index contributed by atoms with van der Waals surface area (Å²) in [7, 11) is 0. The van der Waals surface area contributed by atoms with Crippen molar-refractivity contribution in [3.8, 4) is 0 Å². The molecule has 10 heavy (non-hydrogen) atoms. The van der Waals surface area contributed by atoms with Crippen molar-refractivity contribution in [1.82, 2.24) is 4.98 Å². The predicted octanol–water partition coefficient (Wildman–Crippen LogP) is 2.55. The molecule has 0 atom stereocenters. The summed E-state index contributed by atoms with van der Waals surface area (Å²) in [5.74, 6) is 0. The lowest BCUT2D eigenvalue weighted by atomic mass is 9.98. The van der Waals surface area contributed by atoms with Gasteiger partial charge in [-0.05, 0) is 37.3 Å². The van der Waals surface area contributed by atoms with Crippen molar-refractivity contribution in [2.24, 2.45) is 0 Å². The predicted molar refractivity (Wildman–Crippen MR) is 42.4 cm³/mol. The summed E-state index contributed by atoms with van der Waals surface area (Å²) < 4.78 is 0. The number of hydrogen-bond acceptors (Lipinski definition) is 0. The van der Waals surface area contributed by atoms with Gasteiger partial charge in [0.1, 0.15) is 5.15 Å². The van der Waals surface area contributed by atoms with Crippen LogP contribution in [0.4, 0.5) is 0 Å². The van der Waals surface area contributed by atoms with Gasteiger partial charge in [-0.1, -0.05) is 11.6 Å². The van der Waals surface area contributed by atoms with Crippen LogP contribution in [0.5, 0.6) is 0 Å². The van der Waals surface area contributed by atoms with E-state index >= 15 is 0 Å². The van der Waals surface area contributed by atoms with Gasteiger partial charge in [0.15, 0.2) is 0 Å². The lowest BCUT2D eigenvalue weighted by molar-refractivity contribution is 0.677. The van der Waals surface area contributed by atoms with E-state index < -0.39 is 0 Å². The Morgan fingerprint density at radius 3 is 2.90 bits per heavy atom. The average molecular weight is 156 g/mol. The zero-order valence-electron chi connectivity index (χ0n) is 5.78. The van der Waals surface area contributed by atoms with E-state index in [9.17, 15) is 0 Å². The molecule has 1 aliphatic carbocycles. The summed E-state index contributed by atoms with van der Waals surface area (Å²) >= 11 is 5.80. The third kappa shape index (κ3) is 0.948. The summed E-state index contributed by atoms with van der Waals surface area (Å²) in [5, 5.41) is 0.798. The van der Waals surface area contributed by atoms with Crippen LogP contribution in [0.1, 0.15) is 24.1 Å². The van der Waals surface area contributed by atoms with Gasteiger partial charge in [0.2, 0.25) is 0 Å². The van der Waals surface area contributed by atoms with Crippen LogP contribution in [-0.4, -0.2) is 4.98 Å². The molecule has 1 aromatic rings.